The van der Waals surface area contributed by atoms with Crippen LogP contribution in [0.15, 0.2) is 49.2 Å². The van der Waals surface area contributed by atoms with E-state index in [4.69, 9.17) is 10.1 Å². The molecular weight excluding hydrogens is 427 g/mol. The largest absolute Gasteiger partial charge is 0.442 e. The molecule has 1 aromatic carbocycles. The third-order valence-corrected chi connectivity index (χ3v) is 5.04. The topological polar surface area (TPSA) is 111 Å². The lowest BCUT2D eigenvalue weighted by atomic mass is 10.1. The molecule has 2 amide bonds. The summed E-state index contributed by atoms with van der Waals surface area (Å²) >= 11 is 0. The fourth-order valence-electron chi connectivity index (χ4n) is 3.37. The molecule has 1 atom stereocenters. The molecule has 9 nitrogen and oxygen atoms in total. The number of carbonyl (C=O) groups is 2. The van der Waals surface area contributed by atoms with E-state index in [0.29, 0.717) is 42.3 Å². The molecule has 2 aromatic rings. The SMILES string of the molecule is C=CCNCCN(C=N)c1ccc(-c2ccc(N3CC(CNC(C)=O)OC3=O)cc2F)cn1. The maximum atomic E-state index is 14.9. The Hall–Kier alpha value is -3.79. The molecule has 1 fully saturated rings. The van der Waals surface area contributed by atoms with E-state index < -0.39 is 18.0 Å². The highest BCUT2D eigenvalue weighted by atomic mass is 19.1. The average Bonchev–Trinajstić information content (AvgIpc) is 3.18. The zero-order valence-corrected chi connectivity index (χ0v) is 18.4. The van der Waals surface area contributed by atoms with Crippen LogP contribution in [0.5, 0.6) is 0 Å². The van der Waals surface area contributed by atoms with Crippen LogP contribution in [-0.2, 0) is 9.53 Å². The molecule has 1 aliphatic rings. The molecule has 1 aromatic heterocycles. The van der Waals surface area contributed by atoms with E-state index in [0.717, 1.165) is 0 Å². The maximum absolute atomic E-state index is 14.9. The number of nitrogens with one attached hydrogen (secondary N) is 3. The highest BCUT2D eigenvalue weighted by Crippen LogP contribution is 2.29. The zero-order chi connectivity index (χ0) is 23.8. The molecule has 0 spiro atoms. The van der Waals surface area contributed by atoms with Crippen molar-refractivity contribution in [3.8, 4) is 11.1 Å². The van der Waals surface area contributed by atoms with E-state index in [1.807, 2.05) is 0 Å². The fraction of sp³-hybridized carbons (Fsp3) is 0.304. The molecule has 0 aliphatic carbocycles. The fourth-order valence-corrected chi connectivity index (χ4v) is 3.37. The molecule has 174 valence electrons. The highest BCUT2D eigenvalue weighted by molar-refractivity contribution is 5.90. The van der Waals surface area contributed by atoms with Gasteiger partial charge in [-0.1, -0.05) is 6.08 Å². The van der Waals surface area contributed by atoms with Gasteiger partial charge in [-0.3, -0.25) is 15.1 Å². The first-order valence-electron chi connectivity index (χ1n) is 10.5. The van der Waals surface area contributed by atoms with E-state index in [-0.39, 0.29) is 19.0 Å². The van der Waals surface area contributed by atoms with Crippen molar-refractivity contribution in [2.75, 3.05) is 42.5 Å². The van der Waals surface area contributed by atoms with E-state index in [9.17, 15) is 14.0 Å². The van der Waals surface area contributed by atoms with Gasteiger partial charge in [0.2, 0.25) is 5.91 Å². The minimum Gasteiger partial charge on any atom is -0.442 e. The standard InChI is InChI=1S/C23H27FN6O3/c1-3-8-26-9-10-29(15-25)22-7-4-17(12-28-22)20-6-5-18(11-21(20)24)30-14-19(33-23(30)32)13-27-16(2)31/h3-7,11-12,15,19,25-26H,1,8-10,13-14H2,2H3,(H,27,31). The van der Waals surface area contributed by atoms with Crippen molar-refractivity contribution in [2.24, 2.45) is 0 Å². The summed E-state index contributed by atoms with van der Waals surface area (Å²) in [5.41, 5.74) is 1.29. The third kappa shape index (κ3) is 6.13. The molecule has 3 N–H and O–H groups in total. The lowest BCUT2D eigenvalue weighted by Gasteiger charge is -2.18. The smallest absolute Gasteiger partial charge is 0.414 e. The summed E-state index contributed by atoms with van der Waals surface area (Å²) < 4.78 is 20.1. The Morgan fingerprint density at radius 1 is 1.42 bits per heavy atom. The predicted molar refractivity (Wildman–Crippen MR) is 125 cm³/mol. The van der Waals surface area contributed by atoms with E-state index in [2.05, 4.69) is 22.2 Å². The van der Waals surface area contributed by atoms with Crippen LogP contribution in [0.4, 0.5) is 20.7 Å². The van der Waals surface area contributed by atoms with Gasteiger partial charge in [0.1, 0.15) is 17.7 Å². The molecule has 2 heterocycles. The number of hydrogen-bond donors (Lipinski definition) is 3. The lowest BCUT2D eigenvalue weighted by Crippen LogP contribution is -2.33. The molecule has 33 heavy (non-hydrogen) atoms. The van der Waals surface area contributed by atoms with Crippen molar-refractivity contribution in [2.45, 2.75) is 13.0 Å². The number of halogens is 1. The number of carbonyl (C=O) groups excluding carboxylic acids is 2. The Balaban J connectivity index is 1.68. The second-order valence-electron chi connectivity index (χ2n) is 7.44. The molecule has 0 radical (unpaired) electrons. The molecule has 3 rings (SSSR count). The van der Waals surface area contributed by atoms with Crippen LogP contribution in [-0.4, -0.2) is 62.2 Å². The summed E-state index contributed by atoms with van der Waals surface area (Å²) in [7, 11) is 0. The van der Waals surface area contributed by atoms with Gasteiger partial charge in [-0.2, -0.15) is 0 Å². The van der Waals surface area contributed by atoms with Gasteiger partial charge in [0, 0.05) is 43.9 Å². The van der Waals surface area contributed by atoms with E-state index >= 15 is 0 Å². The number of ether oxygens (including phenoxy) is 1. The Morgan fingerprint density at radius 3 is 2.88 bits per heavy atom. The molecule has 1 saturated heterocycles. The van der Waals surface area contributed by atoms with Crippen LogP contribution in [0.3, 0.4) is 0 Å². The van der Waals surface area contributed by atoms with Gasteiger partial charge in [-0.05, 0) is 30.3 Å². The quantitative estimate of drug-likeness (QED) is 0.208. The molecule has 1 unspecified atom stereocenters. The van der Waals surface area contributed by atoms with Crippen molar-refractivity contribution < 1.29 is 18.7 Å². The molecule has 0 saturated carbocycles. The Labute approximate surface area is 191 Å². The van der Waals surface area contributed by atoms with E-state index in [1.165, 1.54) is 24.2 Å². The number of benzene rings is 1. The Bertz CT molecular complexity index is 1010. The summed E-state index contributed by atoms with van der Waals surface area (Å²) in [6.45, 7) is 7.34. The zero-order valence-electron chi connectivity index (χ0n) is 18.4. The van der Waals surface area contributed by atoms with Gasteiger partial charge >= 0.3 is 6.09 Å². The number of cyclic esters (lactones) is 1. The van der Waals surface area contributed by atoms with Crippen molar-refractivity contribution >= 4 is 29.8 Å². The number of amides is 2. The van der Waals surface area contributed by atoms with Crippen molar-refractivity contribution in [1.82, 2.24) is 15.6 Å². The molecule has 10 heteroatoms. The van der Waals surface area contributed by atoms with Crippen LogP contribution < -0.4 is 20.4 Å². The Morgan fingerprint density at radius 2 is 2.24 bits per heavy atom. The summed E-state index contributed by atoms with van der Waals surface area (Å²) in [4.78, 5) is 30.6. The summed E-state index contributed by atoms with van der Waals surface area (Å²) in [5.74, 6) is -0.137. The van der Waals surface area contributed by atoms with Gasteiger partial charge in [-0.25, -0.2) is 14.2 Å². The number of aromatic nitrogens is 1. The van der Waals surface area contributed by atoms with Gasteiger partial charge < -0.3 is 20.3 Å². The summed E-state index contributed by atoms with van der Waals surface area (Å²) in [5, 5.41) is 13.4. The lowest BCUT2D eigenvalue weighted by molar-refractivity contribution is -0.119. The van der Waals surface area contributed by atoms with Gasteiger partial charge in [0.15, 0.2) is 0 Å². The third-order valence-electron chi connectivity index (χ3n) is 5.04. The normalized spacial score (nSPS) is 15.2. The first-order valence-corrected chi connectivity index (χ1v) is 10.5. The first-order chi connectivity index (χ1) is 15.9. The minimum atomic E-state index is -0.585. The predicted octanol–water partition coefficient (Wildman–Crippen LogP) is 2.54. The minimum absolute atomic E-state index is 0.202. The molecular formula is C23H27FN6O3. The molecule has 1 aliphatic heterocycles. The molecule has 0 bridgehead atoms. The van der Waals surface area contributed by atoms with Crippen LogP contribution in [0, 0.1) is 11.2 Å². The van der Waals surface area contributed by atoms with Crippen LogP contribution in [0.1, 0.15) is 6.92 Å². The monoisotopic (exact) mass is 454 g/mol. The number of anilines is 2. The number of hydrogen-bond acceptors (Lipinski definition) is 6. The number of nitrogens with zero attached hydrogens (tertiary/aromatic N) is 3. The van der Waals surface area contributed by atoms with E-state index in [1.54, 1.807) is 41.4 Å². The van der Waals surface area contributed by atoms with Gasteiger partial charge in [0.05, 0.1) is 25.1 Å². The van der Waals surface area contributed by atoms with Crippen LogP contribution in [0.2, 0.25) is 0 Å². The second-order valence-corrected chi connectivity index (χ2v) is 7.44. The first kappa shape index (κ1) is 23.9. The Kier molecular flexibility index (Phi) is 8.09. The van der Waals surface area contributed by atoms with Crippen molar-refractivity contribution in [3.05, 3.63) is 55.0 Å². The van der Waals surface area contributed by atoms with Crippen LogP contribution >= 0.6 is 0 Å². The van der Waals surface area contributed by atoms with Gasteiger partial charge in [-0.15, -0.1) is 6.58 Å². The van der Waals surface area contributed by atoms with Crippen molar-refractivity contribution in [1.29, 1.82) is 5.41 Å². The maximum Gasteiger partial charge on any atom is 0.414 e. The summed E-state index contributed by atoms with van der Waals surface area (Å²) in [6, 6.07) is 7.97. The van der Waals surface area contributed by atoms with Crippen molar-refractivity contribution in [3.63, 3.8) is 0 Å². The van der Waals surface area contributed by atoms with Crippen LogP contribution in [0.25, 0.3) is 11.1 Å². The highest BCUT2D eigenvalue weighted by Gasteiger charge is 2.32. The average molecular weight is 455 g/mol. The second kappa shape index (κ2) is 11.2. The summed E-state index contributed by atoms with van der Waals surface area (Å²) in [6.07, 6.45) is 3.43. The number of rotatable bonds is 11. The number of pyridine rings is 1. The van der Waals surface area contributed by atoms with Gasteiger partial charge in [0.25, 0.3) is 0 Å².